The zero-order valence-electron chi connectivity index (χ0n) is 20.2. The Bertz CT molecular complexity index is 1300. The standard InChI is InChI=1S/C28H31N3O3/c1-19-15-23-24(18-34-26(23)16-20(19)2)28(33)31(4)22(17-21-9-6-5-7-10-21)12-13-29-27(32)25-11-8-14-30(25)3/h5-11,14-16,18,22H,12-13,17H2,1-4H3,(H,29,32)/t22-/m1/s1. The average Bonchev–Trinajstić information content (AvgIpc) is 3.44. The fourth-order valence-corrected chi connectivity index (χ4v) is 4.26. The molecule has 0 aliphatic carbocycles. The third-order valence-electron chi connectivity index (χ3n) is 6.54. The SMILES string of the molecule is Cc1cc2occ(C(=O)N(C)[C@H](CCNC(=O)c3cccn3C)Cc3ccccc3)c2cc1C. The van der Waals surface area contributed by atoms with Gasteiger partial charge in [0.25, 0.3) is 11.8 Å². The Morgan fingerprint density at radius 2 is 1.79 bits per heavy atom. The molecule has 0 radical (unpaired) electrons. The van der Waals surface area contributed by atoms with E-state index in [1.54, 1.807) is 21.8 Å². The highest BCUT2D eigenvalue weighted by molar-refractivity contribution is 6.06. The first-order valence-corrected chi connectivity index (χ1v) is 11.5. The van der Waals surface area contributed by atoms with Gasteiger partial charge in [-0.15, -0.1) is 0 Å². The summed E-state index contributed by atoms with van der Waals surface area (Å²) in [6.07, 6.45) is 4.72. The predicted octanol–water partition coefficient (Wildman–Crippen LogP) is 4.89. The number of furan rings is 1. The molecule has 1 N–H and O–H groups in total. The van der Waals surface area contributed by atoms with Crippen LogP contribution in [0.25, 0.3) is 11.0 Å². The van der Waals surface area contributed by atoms with Gasteiger partial charge in [0, 0.05) is 38.3 Å². The second-order valence-electron chi connectivity index (χ2n) is 8.89. The second kappa shape index (κ2) is 10.00. The molecule has 2 heterocycles. The van der Waals surface area contributed by atoms with E-state index in [0.29, 0.717) is 36.2 Å². The monoisotopic (exact) mass is 457 g/mol. The van der Waals surface area contributed by atoms with Gasteiger partial charge >= 0.3 is 0 Å². The molecule has 4 aromatic rings. The molecule has 34 heavy (non-hydrogen) atoms. The predicted molar refractivity (Wildman–Crippen MR) is 134 cm³/mol. The third kappa shape index (κ3) is 4.91. The molecule has 2 aromatic heterocycles. The van der Waals surface area contributed by atoms with Gasteiger partial charge in [-0.1, -0.05) is 30.3 Å². The molecule has 2 amide bonds. The molecule has 4 rings (SSSR count). The molecule has 6 nitrogen and oxygen atoms in total. The van der Waals surface area contributed by atoms with Crippen molar-refractivity contribution < 1.29 is 14.0 Å². The molecule has 1 atom stereocenters. The minimum atomic E-state index is -0.119. The number of carbonyl (C=O) groups excluding carboxylic acids is 2. The van der Waals surface area contributed by atoms with E-state index in [2.05, 4.69) is 17.4 Å². The number of likely N-dealkylation sites (N-methyl/N-ethyl adjacent to an activating group) is 1. The molecule has 0 aliphatic heterocycles. The maximum absolute atomic E-state index is 13.6. The van der Waals surface area contributed by atoms with Crippen molar-refractivity contribution in [2.24, 2.45) is 7.05 Å². The smallest absolute Gasteiger partial charge is 0.267 e. The first kappa shape index (κ1) is 23.4. The summed E-state index contributed by atoms with van der Waals surface area (Å²) in [6, 6.07) is 17.6. The van der Waals surface area contributed by atoms with Crippen LogP contribution in [-0.4, -0.2) is 40.9 Å². The highest BCUT2D eigenvalue weighted by Gasteiger charge is 2.25. The summed E-state index contributed by atoms with van der Waals surface area (Å²) in [7, 11) is 3.67. The van der Waals surface area contributed by atoms with Crippen molar-refractivity contribution in [1.29, 1.82) is 0 Å². The maximum atomic E-state index is 13.6. The number of hydrogen-bond donors (Lipinski definition) is 1. The topological polar surface area (TPSA) is 67.5 Å². The van der Waals surface area contributed by atoms with Gasteiger partial charge < -0.3 is 19.2 Å². The van der Waals surface area contributed by atoms with Crippen LogP contribution in [-0.2, 0) is 13.5 Å². The number of amides is 2. The zero-order chi connectivity index (χ0) is 24.2. The average molecular weight is 458 g/mol. The first-order valence-electron chi connectivity index (χ1n) is 11.5. The number of fused-ring (bicyclic) bond motifs is 1. The minimum absolute atomic E-state index is 0.0864. The number of aromatic nitrogens is 1. The summed E-state index contributed by atoms with van der Waals surface area (Å²) < 4.78 is 7.50. The molecular weight excluding hydrogens is 426 g/mol. The summed E-state index contributed by atoms with van der Waals surface area (Å²) in [4.78, 5) is 27.9. The highest BCUT2D eigenvalue weighted by Crippen LogP contribution is 2.26. The van der Waals surface area contributed by atoms with Crippen molar-refractivity contribution in [3.8, 4) is 0 Å². The lowest BCUT2D eigenvalue weighted by Crippen LogP contribution is -2.41. The zero-order valence-corrected chi connectivity index (χ0v) is 20.2. The van der Waals surface area contributed by atoms with Gasteiger partial charge in [0.15, 0.2) is 0 Å². The van der Waals surface area contributed by atoms with E-state index in [1.807, 2.05) is 70.5 Å². The van der Waals surface area contributed by atoms with E-state index in [0.717, 1.165) is 22.1 Å². The van der Waals surface area contributed by atoms with Gasteiger partial charge in [-0.2, -0.15) is 0 Å². The summed E-state index contributed by atoms with van der Waals surface area (Å²) in [5.41, 5.74) is 5.28. The molecule has 0 bridgehead atoms. The van der Waals surface area contributed by atoms with Gasteiger partial charge in [0.2, 0.25) is 0 Å². The highest BCUT2D eigenvalue weighted by atomic mass is 16.3. The molecule has 0 aliphatic rings. The van der Waals surface area contributed by atoms with Gasteiger partial charge in [-0.25, -0.2) is 0 Å². The Labute approximate surface area is 200 Å². The number of nitrogens with one attached hydrogen (secondary N) is 1. The first-order chi connectivity index (χ1) is 16.3. The molecule has 6 heteroatoms. The number of rotatable bonds is 8. The summed E-state index contributed by atoms with van der Waals surface area (Å²) in [6.45, 7) is 4.53. The Morgan fingerprint density at radius 3 is 2.50 bits per heavy atom. The van der Waals surface area contributed by atoms with Crippen molar-refractivity contribution in [2.45, 2.75) is 32.7 Å². The van der Waals surface area contributed by atoms with Crippen molar-refractivity contribution in [2.75, 3.05) is 13.6 Å². The number of aryl methyl sites for hydroxylation is 3. The Balaban J connectivity index is 1.53. The van der Waals surface area contributed by atoms with Crippen LogP contribution in [0.1, 0.15) is 44.0 Å². The van der Waals surface area contributed by atoms with Crippen molar-refractivity contribution in [1.82, 2.24) is 14.8 Å². The number of carbonyl (C=O) groups is 2. The molecule has 176 valence electrons. The van der Waals surface area contributed by atoms with Crippen LogP contribution < -0.4 is 5.32 Å². The van der Waals surface area contributed by atoms with Crippen molar-refractivity contribution in [3.05, 3.63) is 95.0 Å². The lowest BCUT2D eigenvalue weighted by Gasteiger charge is -2.28. The van der Waals surface area contributed by atoms with Crippen LogP contribution in [0.2, 0.25) is 0 Å². The van der Waals surface area contributed by atoms with E-state index in [-0.39, 0.29) is 17.9 Å². The third-order valence-corrected chi connectivity index (χ3v) is 6.54. The van der Waals surface area contributed by atoms with E-state index in [1.165, 1.54) is 0 Å². The van der Waals surface area contributed by atoms with E-state index < -0.39 is 0 Å². The Morgan fingerprint density at radius 1 is 1.06 bits per heavy atom. The van der Waals surface area contributed by atoms with Gasteiger partial charge in [0.05, 0.1) is 5.56 Å². The van der Waals surface area contributed by atoms with Crippen LogP contribution in [0.15, 0.2) is 71.5 Å². The molecule has 0 saturated carbocycles. The van der Waals surface area contributed by atoms with E-state index in [4.69, 9.17) is 4.42 Å². The molecule has 2 aromatic carbocycles. The summed E-state index contributed by atoms with van der Waals surface area (Å²) >= 11 is 0. The van der Waals surface area contributed by atoms with Crippen LogP contribution in [0.5, 0.6) is 0 Å². The number of benzene rings is 2. The number of hydrogen-bond acceptors (Lipinski definition) is 3. The molecule has 0 unspecified atom stereocenters. The van der Waals surface area contributed by atoms with Crippen molar-refractivity contribution in [3.63, 3.8) is 0 Å². The molecule has 0 spiro atoms. The van der Waals surface area contributed by atoms with Crippen LogP contribution in [0.3, 0.4) is 0 Å². The molecule has 0 fully saturated rings. The summed E-state index contributed by atoms with van der Waals surface area (Å²) in [5, 5.41) is 3.83. The molecular formula is C28H31N3O3. The second-order valence-corrected chi connectivity index (χ2v) is 8.89. The van der Waals surface area contributed by atoms with E-state index >= 15 is 0 Å². The summed E-state index contributed by atoms with van der Waals surface area (Å²) in [5.74, 6) is -0.205. The molecule has 0 saturated heterocycles. The van der Waals surface area contributed by atoms with Crippen LogP contribution in [0, 0.1) is 13.8 Å². The van der Waals surface area contributed by atoms with Crippen LogP contribution >= 0.6 is 0 Å². The normalized spacial score (nSPS) is 12.0. The quantitative estimate of drug-likeness (QED) is 0.410. The fourth-order valence-electron chi connectivity index (χ4n) is 4.26. The van der Waals surface area contributed by atoms with Crippen molar-refractivity contribution >= 4 is 22.8 Å². The lowest BCUT2D eigenvalue weighted by molar-refractivity contribution is 0.0723. The van der Waals surface area contributed by atoms with Gasteiger partial charge in [-0.3, -0.25) is 9.59 Å². The Hall–Kier alpha value is -3.80. The van der Waals surface area contributed by atoms with Gasteiger partial charge in [-0.05, 0) is 67.6 Å². The minimum Gasteiger partial charge on any atom is -0.463 e. The van der Waals surface area contributed by atoms with E-state index in [9.17, 15) is 9.59 Å². The van der Waals surface area contributed by atoms with Gasteiger partial charge in [0.1, 0.15) is 17.5 Å². The fraction of sp³-hybridized carbons (Fsp3) is 0.286. The Kier molecular flexibility index (Phi) is 6.87. The largest absolute Gasteiger partial charge is 0.463 e. The lowest BCUT2D eigenvalue weighted by atomic mass is 10.0. The number of nitrogens with zero attached hydrogens (tertiary/aromatic N) is 2. The maximum Gasteiger partial charge on any atom is 0.267 e. The van der Waals surface area contributed by atoms with Crippen LogP contribution in [0.4, 0.5) is 0 Å².